The van der Waals surface area contributed by atoms with Gasteiger partial charge >= 0.3 is 0 Å². The summed E-state index contributed by atoms with van der Waals surface area (Å²) in [6.45, 7) is 1.85. The Balaban J connectivity index is 0.00000240. The van der Waals surface area contributed by atoms with Gasteiger partial charge in [-0.2, -0.15) is 4.31 Å². The molecule has 1 saturated heterocycles. The number of rotatable bonds is 7. The Kier molecular flexibility index (Phi) is 7.88. The fourth-order valence-corrected chi connectivity index (χ4v) is 6.31. The molecule has 0 aromatic carbocycles. The molecule has 1 aromatic rings. The molecule has 0 spiro atoms. The molecule has 9 heteroatoms. The molecule has 3 aliphatic rings. The SMILES string of the molecule is CS(=O)(=O)N1CCC[C@@H]1CN=C(NCCc1ccco1)NC1CC2CCC1C2.I. The Bertz CT molecular complexity index is 784. The number of aliphatic imine (C=N–C) groups is 1. The van der Waals surface area contributed by atoms with Crippen molar-refractivity contribution in [3.05, 3.63) is 24.2 Å². The zero-order chi connectivity index (χ0) is 19.6. The van der Waals surface area contributed by atoms with Crippen molar-refractivity contribution in [1.82, 2.24) is 14.9 Å². The average Bonchev–Trinajstić information content (AvgIpc) is 3.42. The molecule has 29 heavy (non-hydrogen) atoms. The monoisotopic (exact) mass is 536 g/mol. The van der Waals surface area contributed by atoms with Crippen molar-refractivity contribution in [2.24, 2.45) is 16.8 Å². The van der Waals surface area contributed by atoms with Gasteiger partial charge in [-0.05, 0) is 56.1 Å². The number of sulfonamides is 1. The zero-order valence-corrected chi connectivity index (χ0v) is 20.2. The zero-order valence-electron chi connectivity index (χ0n) is 17.0. The third kappa shape index (κ3) is 5.88. The molecular formula is C20H33IN4O3S. The molecule has 2 heterocycles. The van der Waals surface area contributed by atoms with E-state index in [9.17, 15) is 8.42 Å². The van der Waals surface area contributed by atoms with E-state index in [0.29, 0.717) is 19.1 Å². The van der Waals surface area contributed by atoms with E-state index in [1.807, 2.05) is 12.1 Å². The third-order valence-corrected chi connectivity index (χ3v) is 7.85. The lowest BCUT2D eigenvalue weighted by atomic mass is 9.95. The van der Waals surface area contributed by atoms with Gasteiger partial charge in [0.1, 0.15) is 5.76 Å². The number of fused-ring (bicyclic) bond motifs is 2. The number of nitrogens with zero attached hydrogens (tertiary/aromatic N) is 2. The first-order chi connectivity index (χ1) is 13.5. The molecule has 1 aliphatic heterocycles. The van der Waals surface area contributed by atoms with Crippen molar-refractivity contribution < 1.29 is 12.8 Å². The fraction of sp³-hybridized carbons (Fsp3) is 0.750. The minimum Gasteiger partial charge on any atom is -0.469 e. The van der Waals surface area contributed by atoms with Gasteiger partial charge in [-0.25, -0.2) is 8.42 Å². The molecule has 2 N–H and O–H groups in total. The van der Waals surface area contributed by atoms with Crippen molar-refractivity contribution in [2.45, 2.75) is 57.0 Å². The van der Waals surface area contributed by atoms with Crippen molar-refractivity contribution in [1.29, 1.82) is 0 Å². The van der Waals surface area contributed by atoms with E-state index >= 15 is 0 Å². The summed E-state index contributed by atoms with van der Waals surface area (Å²) in [5.41, 5.74) is 0. The van der Waals surface area contributed by atoms with Crippen LogP contribution in [0.15, 0.2) is 27.8 Å². The van der Waals surface area contributed by atoms with E-state index in [1.165, 1.54) is 31.9 Å². The molecule has 3 unspecified atom stereocenters. The van der Waals surface area contributed by atoms with Gasteiger partial charge in [0.05, 0.1) is 19.1 Å². The van der Waals surface area contributed by atoms with Crippen LogP contribution in [0.4, 0.5) is 0 Å². The van der Waals surface area contributed by atoms with Gasteiger partial charge in [-0.15, -0.1) is 24.0 Å². The predicted octanol–water partition coefficient (Wildman–Crippen LogP) is 2.59. The van der Waals surface area contributed by atoms with Gasteiger partial charge in [0, 0.05) is 31.6 Å². The summed E-state index contributed by atoms with van der Waals surface area (Å²) < 4.78 is 31.0. The smallest absolute Gasteiger partial charge is 0.211 e. The maximum Gasteiger partial charge on any atom is 0.211 e. The molecule has 0 radical (unpaired) electrons. The molecule has 4 atom stereocenters. The minimum absolute atomic E-state index is 0. The summed E-state index contributed by atoms with van der Waals surface area (Å²) in [4.78, 5) is 4.79. The molecule has 2 bridgehead atoms. The first kappa shape index (κ1) is 22.9. The largest absolute Gasteiger partial charge is 0.469 e. The average molecular weight is 536 g/mol. The Hall–Kier alpha value is -0.810. The Morgan fingerprint density at radius 3 is 2.83 bits per heavy atom. The second-order valence-corrected chi connectivity index (χ2v) is 10.5. The van der Waals surface area contributed by atoms with Gasteiger partial charge in [-0.1, -0.05) is 6.42 Å². The Morgan fingerprint density at radius 1 is 1.31 bits per heavy atom. The second kappa shape index (κ2) is 10.00. The molecule has 7 nitrogen and oxygen atoms in total. The first-order valence-electron chi connectivity index (χ1n) is 10.5. The van der Waals surface area contributed by atoms with Crippen LogP contribution in [0.1, 0.15) is 44.3 Å². The van der Waals surface area contributed by atoms with Crippen molar-refractivity contribution in [2.75, 3.05) is 25.9 Å². The number of furan rings is 1. The van der Waals surface area contributed by atoms with Crippen LogP contribution in [0.3, 0.4) is 0 Å². The molecule has 4 rings (SSSR count). The van der Waals surface area contributed by atoms with Crippen LogP contribution in [0.5, 0.6) is 0 Å². The van der Waals surface area contributed by atoms with Gasteiger partial charge in [0.2, 0.25) is 10.0 Å². The fourth-order valence-electron chi connectivity index (χ4n) is 5.13. The summed E-state index contributed by atoms with van der Waals surface area (Å²) in [5, 5.41) is 7.08. The maximum absolute atomic E-state index is 12.0. The Labute approximate surface area is 191 Å². The molecule has 1 aromatic heterocycles. The molecule has 2 aliphatic carbocycles. The van der Waals surface area contributed by atoms with Crippen molar-refractivity contribution in [3.8, 4) is 0 Å². The standard InChI is InChI=1S/C20H32N4O3S.HI/c1-28(25,26)24-10-2-4-17(24)14-22-20(21-9-8-18-5-3-11-27-18)23-19-13-15-6-7-16(19)12-15;/h3,5,11,15-17,19H,2,4,6-10,12-14H2,1H3,(H2,21,22,23);1H/t15?,16?,17-,19?;/m1./s1. The van der Waals surface area contributed by atoms with Crippen LogP contribution >= 0.6 is 24.0 Å². The van der Waals surface area contributed by atoms with Crippen LogP contribution < -0.4 is 10.6 Å². The van der Waals surface area contributed by atoms with Gasteiger partial charge in [0.15, 0.2) is 5.96 Å². The van der Waals surface area contributed by atoms with E-state index < -0.39 is 10.0 Å². The van der Waals surface area contributed by atoms with E-state index in [-0.39, 0.29) is 30.0 Å². The normalized spacial score (nSPS) is 29.8. The van der Waals surface area contributed by atoms with Crippen LogP contribution in [0, 0.1) is 11.8 Å². The van der Waals surface area contributed by atoms with Crippen molar-refractivity contribution in [3.63, 3.8) is 0 Å². The lowest BCUT2D eigenvalue weighted by Gasteiger charge is -2.26. The first-order valence-corrected chi connectivity index (χ1v) is 12.4. The number of hydrogen-bond acceptors (Lipinski definition) is 4. The summed E-state index contributed by atoms with van der Waals surface area (Å²) >= 11 is 0. The number of hydrogen-bond donors (Lipinski definition) is 2. The lowest BCUT2D eigenvalue weighted by Crippen LogP contribution is -2.47. The molecular weight excluding hydrogens is 503 g/mol. The van der Waals surface area contributed by atoms with E-state index in [4.69, 9.17) is 9.41 Å². The summed E-state index contributed by atoms with van der Waals surface area (Å²) in [6.07, 6.45) is 10.8. The molecule has 164 valence electrons. The van der Waals surface area contributed by atoms with Crippen LogP contribution in [-0.2, 0) is 16.4 Å². The number of nitrogens with one attached hydrogen (secondary N) is 2. The van der Waals surface area contributed by atoms with Gasteiger partial charge in [0.25, 0.3) is 0 Å². The highest BCUT2D eigenvalue weighted by molar-refractivity contribution is 14.0. The maximum atomic E-state index is 12.0. The van der Waals surface area contributed by atoms with Crippen LogP contribution in [-0.4, -0.2) is 56.7 Å². The van der Waals surface area contributed by atoms with Gasteiger partial charge < -0.3 is 15.1 Å². The quantitative estimate of drug-likeness (QED) is 0.318. The molecule has 2 saturated carbocycles. The Morgan fingerprint density at radius 2 is 2.17 bits per heavy atom. The highest BCUT2D eigenvalue weighted by atomic mass is 127. The summed E-state index contributed by atoms with van der Waals surface area (Å²) in [5.74, 6) is 3.37. The number of halogens is 1. The topological polar surface area (TPSA) is 86.9 Å². The van der Waals surface area contributed by atoms with E-state index in [2.05, 4.69) is 10.6 Å². The van der Waals surface area contributed by atoms with Crippen LogP contribution in [0.2, 0.25) is 0 Å². The van der Waals surface area contributed by atoms with Gasteiger partial charge in [-0.3, -0.25) is 4.99 Å². The van der Waals surface area contributed by atoms with E-state index in [1.54, 1.807) is 10.6 Å². The summed E-state index contributed by atoms with van der Waals surface area (Å²) in [6, 6.07) is 4.34. The lowest BCUT2D eigenvalue weighted by molar-refractivity contribution is 0.382. The van der Waals surface area contributed by atoms with Crippen molar-refractivity contribution >= 4 is 40.0 Å². The molecule has 3 fully saturated rings. The predicted molar refractivity (Wildman–Crippen MR) is 125 cm³/mol. The minimum atomic E-state index is -3.16. The third-order valence-electron chi connectivity index (χ3n) is 6.51. The highest BCUT2D eigenvalue weighted by Gasteiger charge is 2.40. The highest BCUT2D eigenvalue weighted by Crippen LogP contribution is 2.44. The summed E-state index contributed by atoms with van der Waals surface area (Å²) in [7, 11) is -3.16. The number of guanidine groups is 1. The second-order valence-electron chi connectivity index (χ2n) is 8.54. The van der Waals surface area contributed by atoms with Crippen LogP contribution in [0.25, 0.3) is 0 Å². The molecule has 0 amide bonds. The van der Waals surface area contributed by atoms with E-state index in [0.717, 1.165) is 49.4 Å².